The van der Waals surface area contributed by atoms with Gasteiger partial charge in [-0.3, -0.25) is 0 Å². The van der Waals surface area contributed by atoms with Gasteiger partial charge in [-0.2, -0.15) is 0 Å². The molecule has 1 atom stereocenters. The summed E-state index contributed by atoms with van der Waals surface area (Å²) >= 11 is 0. The summed E-state index contributed by atoms with van der Waals surface area (Å²) in [6.07, 6.45) is 4.19. The molecule has 1 unspecified atom stereocenters. The fourth-order valence-electron chi connectivity index (χ4n) is 1.87. The van der Waals surface area contributed by atoms with Crippen molar-refractivity contribution < 1.29 is 4.74 Å². The molecule has 82 valence electrons. The number of likely N-dealkylation sites (N-methyl/N-ethyl adjacent to an activating group) is 1. The Balaban J connectivity index is 1.99. The van der Waals surface area contributed by atoms with Crippen LogP contribution in [0.1, 0.15) is 12.8 Å². The number of rotatable bonds is 2. The van der Waals surface area contributed by atoms with Crippen LogP contribution < -0.4 is 10.5 Å². The lowest BCUT2D eigenvalue weighted by molar-refractivity contribution is 0.101. The second-order valence-electron chi connectivity index (χ2n) is 4.04. The summed E-state index contributed by atoms with van der Waals surface area (Å²) in [5.74, 6) is 0.567. The van der Waals surface area contributed by atoms with Crippen LogP contribution in [0.4, 0.5) is 5.69 Å². The highest BCUT2D eigenvalue weighted by molar-refractivity contribution is 5.46. The first kappa shape index (κ1) is 10.2. The Bertz CT molecular complexity index is 329. The SMILES string of the molecule is CN1CCCC(Oc2ncccc2N)C1. The van der Waals surface area contributed by atoms with E-state index in [1.54, 1.807) is 6.20 Å². The Morgan fingerprint density at radius 2 is 2.47 bits per heavy atom. The van der Waals surface area contributed by atoms with Crippen molar-refractivity contribution in [2.75, 3.05) is 25.9 Å². The Morgan fingerprint density at radius 3 is 3.20 bits per heavy atom. The van der Waals surface area contributed by atoms with E-state index >= 15 is 0 Å². The number of hydrogen-bond acceptors (Lipinski definition) is 4. The van der Waals surface area contributed by atoms with Gasteiger partial charge in [0.15, 0.2) is 0 Å². The van der Waals surface area contributed by atoms with Crippen molar-refractivity contribution in [1.82, 2.24) is 9.88 Å². The van der Waals surface area contributed by atoms with Crippen LogP contribution in [0.2, 0.25) is 0 Å². The van der Waals surface area contributed by atoms with Gasteiger partial charge in [-0.25, -0.2) is 4.98 Å². The fraction of sp³-hybridized carbons (Fsp3) is 0.545. The van der Waals surface area contributed by atoms with Gasteiger partial charge in [0.2, 0.25) is 5.88 Å². The smallest absolute Gasteiger partial charge is 0.237 e. The predicted octanol–water partition coefficient (Wildman–Crippen LogP) is 1.14. The lowest BCUT2D eigenvalue weighted by Crippen LogP contribution is -2.38. The maximum absolute atomic E-state index is 5.78. The van der Waals surface area contributed by atoms with E-state index in [4.69, 9.17) is 10.5 Å². The molecule has 15 heavy (non-hydrogen) atoms. The van der Waals surface area contributed by atoms with Crippen molar-refractivity contribution in [2.45, 2.75) is 18.9 Å². The van der Waals surface area contributed by atoms with E-state index in [-0.39, 0.29) is 6.10 Å². The van der Waals surface area contributed by atoms with E-state index in [1.165, 1.54) is 6.42 Å². The lowest BCUT2D eigenvalue weighted by atomic mass is 10.1. The second-order valence-corrected chi connectivity index (χ2v) is 4.04. The van der Waals surface area contributed by atoms with Crippen LogP contribution in [-0.2, 0) is 0 Å². The fourth-order valence-corrected chi connectivity index (χ4v) is 1.87. The standard InChI is InChI=1S/C11H17N3O/c1-14-7-3-4-9(8-14)15-11-10(12)5-2-6-13-11/h2,5-6,9H,3-4,7-8,12H2,1H3. The molecule has 4 heteroatoms. The second kappa shape index (κ2) is 4.49. The molecule has 4 nitrogen and oxygen atoms in total. The summed E-state index contributed by atoms with van der Waals surface area (Å²) < 4.78 is 5.78. The molecular weight excluding hydrogens is 190 g/mol. The molecule has 0 aliphatic carbocycles. The Morgan fingerprint density at radius 1 is 1.60 bits per heavy atom. The van der Waals surface area contributed by atoms with Crippen LogP contribution in [0.5, 0.6) is 5.88 Å². The average molecular weight is 207 g/mol. The van der Waals surface area contributed by atoms with E-state index in [0.29, 0.717) is 11.6 Å². The van der Waals surface area contributed by atoms with Gasteiger partial charge in [0.05, 0.1) is 5.69 Å². The number of piperidine rings is 1. The van der Waals surface area contributed by atoms with Crippen molar-refractivity contribution in [3.8, 4) is 5.88 Å². The van der Waals surface area contributed by atoms with E-state index in [0.717, 1.165) is 19.5 Å². The minimum absolute atomic E-state index is 0.223. The highest BCUT2D eigenvalue weighted by Gasteiger charge is 2.19. The molecule has 2 heterocycles. The molecule has 2 rings (SSSR count). The predicted molar refractivity (Wildman–Crippen MR) is 59.8 cm³/mol. The number of aromatic nitrogens is 1. The van der Waals surface area contributed by atoms with Crippen molar-refractivity contribution in [3.63, 3.8) is 0 Å². The summed E-state index contributed by atoms with van der Waals surface area (Å²) in [6, 6.07) is 3.63. The molecule has 0 aromatic carbocycles. The summed E-state index contributed by atoms with van der Waals surface area (Å²) in [6.45, 7) is 2.10. The zero-order valence-corrected chi connectivity index (χ0v) is 9.02. The molecule has 1 aromatic rings. The summed E-state index contributed by atoms with van der Waals surface area (Å²) in [5.41, 5.74) is 6.39. The molecule has 1 fully saturated rings. The van der Waals surface area contributed by atoms with E-state index in [9.17, 15) is 0 Å². The van der Waals surface area contributed by atoms with Crippen molar-refractivity contribution in [2.24, 2.45) is 0 Å². The molecule has 0 bridgehead atoms. The first-order valence-electron chi connectivity index (χ1n) is 5.31. The van der Waals surface area contributed by atoms with E-state index in [2.05, 4.69) is 16.9 Å². The first-order valence-corrected chi connectivity index (χ1v) is 5.31. The molecule has 1 aliphatic heterocycles. The third-order valence-corrected chi connectivity index (χ3v) is 2.66. The molecular formula is C11H17N3O. The van der Waals surface area contributed by atoms with E-state index in [1.807, 2.05) is 12.1 Å². The molecule has 2 N–H and O–H groups in total. The Hall–Kier alpha value is -1.29. The molecule has 1 saturated heterocycles. The Labute approximate surface area is 90.0 Å². The Kier molecular flexibility index (Phi) is 3.06. The van der Waals surface area contributed by atoms with Gasteiger partial charge in [-0.1, -0.05) is 0 Å². The van der Waals surface area contributed by atoms with Crippen LogP contribution >= 0.6 is 0 Å². The number of hydrogen-bond donors (Lipinski definition) is 1. The van der Waals surface area contributed by atoms with Gasteiger partial charge in [0, 0.05) is 12.7 Å². The van der Waals surface area contributed by atoms with Gasteiger partial charge >= 0.3 is 0 Å². The third-order valence-electron chi connectivity index (χ3n) is 2.66. The van der Waals surface area contributed by atoms with Crippen LogP contribution in [0.25, 0.3) is 0 Å². The zero-order chi connectivity index (χ0) is 10.7. The van der Waals surface area contributed by atoms with Crippen LogP contribution in [0, 0.1) is 0 Å². The topological polar surface area (TPSA) is 51.4 Å². The molecule has 1 aromatic heterocycles. The monoisotopic (exact) mass is 207 g/mol. The van der Waals surface area contributed by atoms with Crippen LogP contribution in [-0.4, -0.2) is 36.1 Å². The van der Waals surface area contributed by atoms with Gasteiger partial charge < -0.3 is 15.4 Å². The minimum atomic E-state index is 0.223. The summed E-state index contributed by atoms with van der Waals surface area (Å²) in [5, 5.41) is 0. The minimum Gasteiger partial charge on any atom is -0.472 e. The molecule has 0 radical (unpaired) electrons. The number of pyridine rings is 1. The van der Waals surface area contributed by atoms with Crippen LogP contribution in [0.3, 0.4) is 0 Å². The first-order chi connectivity index (χ1) is 7.25. The van der Waals surface area contributed by atoms with Gasteiger partial charge in [0.1, 0.15) is 6.10 Å². The number of anilines is 1. The number of ether oxygens (including phenoxy) is 1. The van der Waals surface area contributed by atoms with Crippen molar-refractivity contribution in [1.29, 1.82) is 0 Å². The summed E-state index contributed by atoms with van der Waals surface area (Å²) in [4.78, 5) is 6.40. The number of nitrogens with two attached hydrogens (primary N) is 1. The maximum Gasteiger partial charge on any atom is 0.237 e. The summed E-state index contributed by atoms with van der Waals surface area (Å²) in [7, 11) is 2.11. The number of nitrogen functional groups attached to an aromatic ring is 1. The molecule has 0 saturated carbocycles. The van der Waals surface area contributed by atoms with Gasteiger partial charge in [0.25, 0.3) is 0 Å². The largest absolute Gasteiger partial charge is 0.472 e. The van der Waals surface area contributed by atoms with E-state index < -0.39 is 0 Å². The van der Waals surface area contributed by atoms with Gasteiger partial charge in [-0.15, -0.1) is 0 Å². The molecule has 0 amide bonds. The zero-order valence-electron chi connectivity index (χ0n) is 9.02. The average Bonchev–Trinajstić information content (AvgIpc) is 2.22. The highest BCUT2D eigenvalue weighted by Crippen LogP contribution is 2.20. The van der Waals surface area contributed by atoms with Crippen LogP contribution in [0.15, 0.2) is 18.3 Å². The van der Waals surface area contributed by atoms with Crippen molar-refractivity contribution >= 4 is 5.69 Å². The van der Waals surface area contributed by atoms with Crippen molar-refractivity contribution in [3.05, 3.63) is 18.3 Å². The molecule has 0 spiro atoms. The number of nitrogens with zero attached hydrogens (tertiary/aromatic N) is 2. The highest BCUT2D eigenvalue weighted by atomic mass is 16.5. The third kappa shape index (κ3) is 2.59. The number of likely N-dealkylation sites (tertiary alicyclic amines) is 1. The van der Waals surface area contributed by atoms with Gasteiger partial charge in [-0.05, 0) is 38.6 Å². The lowest BCUT2D eigenvalue weighted by Gasteiger charge is -2.29. The quantitative estimate of drug-likeness (QED) is 0.790. The molecule has 1 aliphatic rings. The normalized spacial score (nSPS) is 22.6. The maximum atomic E-state index is 5.78.